The van der Waals surface area contributed by atoms with Crippen LogP contribution in [0, 0.1) is 5.92 Å². The first-order chi connectivity index (χ1) is 7.70. The molecule has 1 aliphatic carbocycles. The van der Waals surface area contributed by atoms with E-state index in [1.165, 1.54) is 38.6 Å². The van der Waals surface area contributed by atoms with E-state index in [0.29, 0.717) is 0 Å². The van der Waals surface area contributed by atoms with E-state index in [1.54, 1.807) is 0 Å². The summed E-state index contributed by atoms with van der Waals surface area (Å²) in [6, 6.07) is 2.52. The van der Waals surface area contributed by atoms with E-state index >= 15 is 0 Å². The van der Waals surface area contributed by atoms with E-state index in [-0.39, 0.29) is 0 Å². The fourth-order valence-electron chi connectivity index (χ4n) is 3.74. The molecule has 1 N–H and O–H groups in total. The van der Waals surface area contributed by atoms with Crippen LogP contribution in [0.25, 0.3) is 0 Å². The molecule has 0 aromatic heterocycles. The largest absolute Gasteiger partial charge is 0.314 e. The van der Waals surface area contributed by atoms with Crippen molar-refractivity contribution in [3.63, 3.8) is 0 Å². The number of hydrogen-bond donors (Lipinski definition) is 1. The van der Waals surface area contributed by atoms with Crippen molar-refractivity contribution in [3.05, 3.63) is 0 Å². The van der Waals surface area contributed by atoms with Crippen LogP contribution < -0.4 is 5.32 Å². The Labute approximate surface area is 101 Å². The molecule has 2 aliphatic rings. The van der Waals surface area contributed by atoms with Gasteiger partial charge >= 0.3 is 0 Å². The van der Waals surface area contributed by atoms with Crippen molar-refractivity contribution in [1.82, 2.24) is 10.2 Å². The molecular formula is C14H28N2. The van der Waals surface area contributed by atoms with Gasteiger partial charge in [-0.15, -0.1) is 0 Å². The van der Waals surface area contributed by atoms with Crippen molar-refractivity contribution in [2.24, 2.45) is 5.92 Å². The molecule has 1 heterocycles. The van der Waals surface area contributed by atoms with Gasteiger partial charge in [0.15, 0.2) is 0 Å². The second kappa shape index (κ2) is 5.50. The lowest BCUT2D eigenvalue weighted by Crippen LogP contribution is -2.43. The van der Waals surface area contributed by atoms with Crippen LogP contribution in [0.1, 0.15) is 52.9 Å². The van der Waals surface area contributed by atoms with Crippen molar-refractivity contribution in [2.75, 3.05) is 13.1 Å². The van der Waals surface area contributed by atoms with E-state index in [2.05, 4.69) is 31.0 Å². The Morgan fingerprint density at radius 3 is 2.31 bits per heavy atom. The highest BCUT2D eigenvalue weighted by atomic mass is 15.2. The number of rotatable bonds is 3. The van der Waals surface area contributed by atoms with E-state index in [0.717, 1.165) is 30.6 Å². The summed E-state index contributed by atoms with van der Waals surface area (Å²) in [5.41, 5.74) is 0. The quantitative estimate of drug-likeness (QED) is 0.793. The molecule has 1 saturated heterocycles. The molecular weight excluding hydrogens is 196 g/mol. The van der Waals surface area contributed by atoms with Crippen LogP contribution in [0.2, 0.25) is 0 Å². The third-order valence-electron chi connectivity index (χ3n) is 4.49. The van der Waals surface area contributed by atoms with Crippen molar-refractivity contribution in [3.8, 4) is 0 Å². The van der Waals surface area contributed by atoms with Gasteiger partial charge in [-0.25, -0.2) is 0 Å². The van der Waals surface area contributed by atoms with Crippen molar-refractivity contribution in [1.29, 1.82) is 0 Å². The Hall–Kier alpha value is -0.0800. The zero-order chi connectivity index (χ0) is 11.5. The molecule has 2 fully saturated rings. The van der Waals surface area contributed by atoms with Crippen LogP contribution in [-0.2, 0) is 0 Å². The van der Waals surface area contributed by atoms with Crippen molar-refractivity contribution < 1.29 is 0 Å². The first kappa shape index (κ1) is 12.4. The third-order valence-corrected chi connectivity index (χ3v) is 4.49. The average molecular weight is 224 g/mol. The lowest BCUT2D eigenvalue weighted by molar-refractivity contribution is 0.136. The van der Waals surface area contributed by atoms with Crippen LogP contribution >= 0.6 is 0 Å². The van der Waals surface area contributed by atoms with Crippen LogP contribution in [0.15, 0.2) is 0 Å². The maximum Gasteiger partial charge on any atom is 0.00993 e. The number of nitrogens with zero attached hydrogens (tertiary/aromatic N) is 1. The molecule has 16 heavy (non-hydrogen) atoms. The normalized spacial score (nSPS) is 41.4. The fraction of sp³-hybridized carbons (Fsp3) is 1.00. The molecule has 0 radical (unpaired) electrons. The van der Waals surface area contributed by atoms with Gasteiger partial charge < -0.3 is 5.32 Å². The Morgan fingerprint density at radius 1 is 1.12 bits per heavy atom. The third kappa shape index (κ3) is 2.78. The molecule has 0 amide bonds. The summed E-state index contributed by atoms with van der Waals surface area (Å²) >= 11 is 0. The maximum atomic E-state index is 3.60. The summed E-state index contributed by atoms with van der Waals surface area (Å²) in [6.45, 7) is 9.52. The predicted octanol–water partition coefficient (Wildman–Crippen LogP) is 2.64. The van der Waals surface area contributed by atoms with Crippen molar-refractivity contribution in [2.45, 2.75) is 71.0 Å². The van der Waals surface area contributed by atoms with Gasteiger partial charge in [-0.2, -0.15) is 0 Å². The summed E-state index contributed by atoms with van der Waals surface area (Å²) in [4.78, 5) is 2.78. The summed E-state index contributed by atoms with van der Waals surface area (Å²) in [5, 5.41) is 3.60. The standard InChI is InChI=1S/C14H28N2/c1-4-15-13-5-7-14(8-6-13)16-10-11(2)9-12(16)3/h11-15H,4-10H2,1-3H3. The molecule has 94 valence electrons. The molecule has 1 saturated carbocycles. The molecule has 2 atom stereocenters. The van der Waals surface area contributed by atoms with Crippen LogP contribution in [0.4, 0.5) is 0 Å². The maximum absolute atomic E-state index is 3.60. The molecule has 2 heteroatoms. The van der Waals surface area contributed by atoms with Crippen molar-refractivity contribution >= 4 is 0 Å². The lowest BCUT2D eigenvalue weighted by atomic mass is 9.90. The zero-order valence-electron chi connectivity index (χ0n) is 11.2. The zero-order valence-corrected chi connectivity index (χ0v) is 11.2. The molecule has 2 unspecified atom stereocenters. The second-order valence-electron chi connectivity index (χ2n) is 5.95. The Kier molecular flexibility index (Phi) is 4.26. The van der Waals surface area contributed by atoms with Crippen LogP contribution in [-0.4, -0.2) is 36.1 Å². The Balaban J connectivity index is 1.80. The minimum atomic E-state index is 0.802. The van der Waals surface area contributed by atoms with Gasteiger partial charge in [0.25, 0.3) is 0 Å². The average Bonchev–Trinajstić information content (AvgIpc) is 2.59. The van der Waals surface area contributed by atoms with Gasteiger partial charge in [0.1, 0.15) is 0 Å². The second-order valence-corrected chi connectivity index (χ2v) is 5.95. The lowest BCUT2D eigenvalue weighted by Gasteiger charge is -2.37. The van der Waals surface area contributed by atoms with E-state index in [4.69, 9.17) is 0 Å². The van der Waals surface area contributed by atoms with Crippen LogP contribution in [0.3, 0.4) is 0 Å². The highest BCUT2D eigenvalue weighted by Crippen LogP contribution is 2.31. The van der Waals surface area contributed by atoms with Gasteiger partial charge in [0, 0.05) is 24.7 Å². The van der Waals surface area contributed by atoms with Gasteiger partial charge in [-0.3, -0.25) is 4.90 Å². The van der Waals surface area contributed by atoms with E-state index in [9.17, 15) is 0 Å². The van der Waals surface area contributed by atoms with Gasteiger partial charge in [-0.05, 0) is 51.5 Å². The molecule has 2 nitrogen and oxygen atoms in total. The number of likely N-dealkylation sites (tertiary alicyclic amines) is 1. The fourth-order valence-corrected chi connectivity index (χ4v) is 3.74. The predicted molar refractivity (Wildman–Crippen MR) is 69.7 cm³/mol. The molecule has 0 aromatic rings. The highest BCUT2D eigenvalue weighted by Gasteiger charge is 2.33. The minimum absolute atomic E-state index is 0.802. The number of hydrogen-bond acceptors (Lipinski definition) is 2. The summed E-state index contributed by atoms with van der Waals surface area (Å²) < 4.78 is 0. The first-order valence-corrected chi connectivity index (χ1v) is 7.19. The topological polar surface area (TPSA) is 15.3 Å². The first-order valence-electron chi connectivity index (χ1n) is 7.19. The van der Waals surface area contributed by atoms with Gasteiger partial charge in [-0.1, -0.05) is 13.8 Å². The summed E-state index contributed by atoms with van der Waals surface area (Å²) in [5.74, 6) is 0.918. The monoisotopic (exact) mass is 224 g/mol. The molecule has 1 aliphatic heterocycles. The van der Waals surface area contributed by atoms with Gasteiger partial charge in [0.05, 0.1) is 0 Å². The minimum Gasteiger partial charge on any atom is -0.314 e. The Morgan fingerprint density at radius 2 is 1.81 bits per heavy atom. The van der Waals surface area contributed by atoms with E-state index < -0.39 is 0 Å². The summed E-state index contributed by atoms with van der Waals surface area (Å²) in [6.07, 6.45) is 7.00. The SMILES string of the molecule is CCNC1CCC(N2CC(C)CC2C)CC1. The Bertz CT molecular complexity index is 209. The summed E-state index contributed by atoms with van der Waals surface area (Å²) in [7, 11) is 0. The van der Waals surface area contributed by atoms with E-state index in [1.807, 2.05) is 0 Å². The molecule has 0 bridgehead atoms. The number of nitrogens with one attached hydrogen (secondary N) is 1. The molecule has 0 aromatic carbocycles. The molecule has 2 rings (SSSR count). The van der Waals surface area contributed by atoms with Gasteiger partial charge in [0.2, 0.25) is 0 Å². The molecule has 0 spiro atoms. The van der Waals surface area contributed by atoms with Crippen LogP contribution in [0.5, 0.6) is 0 Å². The smallest absolute Gasteiger partial charge is 0.00993 e. The highest BCUT2D eigenvalue weighted by molar-refractivity contribution is 4.89.